The van der Waals surface area contributed by atoms with Gasteiger partial charge in [-0.15, -0.1) is 0 Å². The Bertz CT molecular complexity index is 773. The molecule has 2 saturated carbocycles. The van der Waals surface area contributed by atoms with E-state index in [1.807, 2.05) is 0 Å². The van der Waals surface area contributed by atoms with E-state index in [9.17, 15) is 9.59 Å². The Morgan fingerprint density at radius 2 is 2.00 bits per heavy atom. The van der Waals surface area contributed by atoms with Crippen LogP contribution in [-0.4, -0.2) is 26.0 Å². The van der Waals surface area contributed by atoms with Gasteiger partial charge in [-0.25, -0.2) is 4.79 Å². The zero-order chi connectivity index (χ0) is 19.4. The zero-order valence-electron chi connectivity index (χ0n) is 16.8. The van der Waals surface area contributed by atoms with Gasteiger partial charge in [0.25, 0.3) is 0 Å². The van der Waals surface area contributed by atoms with E-state index in [0.717, 1.165) is 43.4 Å². The van der Waals surface area contributed by atoms with E-state index in [1.54, 1.807) is 13.2 Å². The van der Waals surface area contributed by atoms with E-state index in [4.69, 9.17) is 9.47 Å². The third-order valence-corrected chi connectivity index (χ3v) is 8.03. The summed E-state index contributed by atoms with van der Waals surface area (Å²) in [6.45, 7) is 4.47. The molecule has 0 bridgehead atoms. The maximum absolute atomic E-state index is 13.5. The summed E-state index contributed by atoms with van der Waals surface area (Å²) in [5.74, 6) is 2.00. The number of hydrogen-bond acceptors (Lipinski definition) is 4. The number of ketones is 1. The summed E-state index contributed by atoms with van der Waals surface area (Å²) in [6.07, 6.45) is 11.5. The number of carbonyl (C=O) groups excluding carboxylic acids is 2. The minimum Gasteiger partial charge on any atom is -0.501 e. The molecule has 0 aromatic rings. The van der Waals surface area contributed by atoms with Crippen molar-refractivity contribution in [3.8, 4) is 0 Å². The molecule has 2 fully saturated rings. The monoisotopic (exact) mass is 370 g/mol. The molecule has 27 heavy (non-hydrogen) atoms. The van der Waals surface area contributed by atoms with Gasteiger partial charge in [0.15, 0.2) is 0 Å². The van der Waals surface area contributed by atoms with Crippen LogP contribution in [0, 0.1) is 28.6 Å². The quantitative estimate of drug-likeness (QED) is 0.535. The van der Waals surface area contributed by atoms with Crippen LogP contribution >= 0.6 is 0 Å². The van der Waals surface area contributed by atoms with Gasteiger partial charge >= 0.3 is 5.97 Å². The molecule has 0 spiro atoms. The number of esters is 1. The van der Waals surface area contributed by atoms with E-state index >= 15 is 0 Å². The second-order valence-electron chi connectivity index (χ2n) is 9.17. The maximum atomic E-state index is 13.5. The van der Waals surface area contributed by atoms with Crippen LogP contribution in [0.15, 0.2) is 35.1 Å². The number of ether oxygens (including phenoxy) is 2. The number of fused-ring (bicyclic) bond motifs is 5. The summed E-state index contributed by atoms with van der Waals surface area (Å²) in [4.78, 5) is 25.3. The molecule has 4 aliphatic carbocycles. The highest BCUT2D eigenvalue weighted by Gasteiger charge is 2.60. The predicted octanol–water partition coefficient (Wildman–Crippen LogP) is 4.37. The molecule has 4 rings (SSSR count). The third kappa shape index (κ3) is 2.63. The van der Waals surface area contributed by atoms with Crippen LogP contribution in [0.2, 0.25) is 0 Å². The minimum atomic E-state index is -0.302. The Kier molecular flexibility index (Phi) is 4.36. The fourth-order valence-electron chi connectivity index (χ4n) is 6.58. The zero-order valence-corrected chi connectivity index (χ0v) is 16.8. The fourth-order valence-corrected chi connectivity index (χ4v) is 6.58. The normalized spacial score (nSPS) is 41.9. The molecule has 0 radical (unpaired) electrons. The largest absolute Gasteiger partial charge is 0.501 e. The van der Waals surface area contributed by atoms with Crippen molar-refractivity contribution in [3.63, 3.8) is 0 Å². The van der Waals surface area contributed by atoms with Crippen molar-refractivity contribution in [2.24, 2.45) is 28.6 Å². The molecule has 0 aliphatic heterocycles. The summed E-state index contributed by atoms with van der Waals surface area (Å²) in [7, 11) is 3.14. The van der Waals surface area contributed by atoms with Gasteiger partial charge in [0.2, 0.25) is 0 Å². The molecule has 0 saturated heterocycles. The standard InChI is InChI=1S/C23H30O4/c1-22-10-9-16(26-3)11-14(22)5-7-17-18-8-6-15(12-20(25)27-4)23(18,2)13-19(24)21(17)22/h5,11-12,17-18,21H,6-10,13H2,1-4H3/b15-12-/t17-,18-,21+,22-,23+/m1/s1. The van der Waals surface area contributed by atoms with Crippen LogP contribution in [0.1, 0.15) is 52.4 Å². The molecular weight excluding hydrogens is 340 g/mol. The minimum absolute atomic E-state index is 0.0851. The van der Waals surface area contributed by atoms with E-state index < -0.39 is 0 Å². The van der Waals surface area contributed by atoms with Crippen LogP contribution in [-0.2, 0) is 19.1 Å². The SMILES string of the molecule is COC(=O)/C=C1/CC[C@@H]2[C@H]3CC=C4C=C(OC)CC[C@@]4(C)[C@@H]3C(=O)C[C@@]12C. The lowest BCUT2D eigenvalue weighted by Gasteiger charge is -2.55. The number of Topliss-reactive ketones (excluding diaryl/α,β-unsaturated/α-hetero) is 1. The lowest BCUT2D eigenvalue weighted by molar-refractivity contribution is -0.140. The number of methoxy groups -OCH3 is 2. The van der Waals surface area contributed by atoms with Crippen LogP contribution in [0.4, 0.5) is 0 Å². The Labute approximate surface area is 161 Å². The van der Waals surface area contributed by atoms with Gasteiger partial charge < -0.3 is 9.47 Å². The predicted molar refractivity (Wildman–Crippen MR) is 103 cm³/mol. The van der Waals surface area contributed by atoms with Crippen molar-refractivity contribution < 1.29 is 19.1 Å². The molecule has 0 unspecified atom stereocenters. The summed E-state index contributed by atoms with van der Waals surface area (Å²) >= 11 is 0. The molecule has 0 aromatic heterocycles. The topological polar surface area (TPSA) is 52.6 Å². The summed E-state index contributed by atoms with van der Waals surface area (Å²) in [5.41, 5.74) is 2.11. The van der Waals surface area contributed by atoms with Crippen molar-refractivity contribution in [1.29, 1.82) is 0 Å². The average Bonchev–Trinajstić information content (AvgIpc) is 2.96. The first-order valence-electron chi connectivity index (χ1n) is 10.1. The first-order valence-corrected chi connectivity index (χ1v) is 10.1. The highest BCUT2D eigenvalue weighted by molar-refractivity contribution is 5.87. The van der Waals surface area contributed by atoms with E-state index in [-0.39, 0.29) is 22.7 Å². The highest BCUT2D eigenvalue weighted by Crippen LogP contribution is 2.64. The smallest absolute Gasteiger partial charge is 0.330 e. The van der Waals surface area contributed by atoms with Crippen LogP contribution in [0.3, 0.4) is 0 Å². The highest BCUT2D eigenvalue weighted by atomic mass is 16.5. The number of allylic oxidation sites excluding steroid dienone is 5. The van der Waals surface area contributed by atoms with Crippen molar-refractivity contribution in [3.05, 3.63) is 35.1 Å². The van der Waals surface area contributed by atoms with Crippen LogP contribution < -0.4 is 0 Å². The maximum Gasteiger partial charge on any atom is 0.330 e. The number of hydrogen-bond donors (Lipinski definition) is 0. The van der Waals surface area contributed by atoms with Gasteiger partial charge in [0.05, 0.1) is 20.0 Å². The summed E-state index contributed by atoms with van der Waals surface area (Å²) in [6, 6.07) is 0. The lowest BCUT2D eigenvalue weighted by atomic mass is 9.48. The second kappa shape index (κ2) is 6.35. The van der Waals surface area contributed by atoms with Crippen molar-refractivity contribution in [2.75, 3.05) is 14.2 Å². The molecule has 4 nitrogen and oxygen atoms in total. The molecule has 5 atom stereocenters. The number of carbonyl (C=O) groups is 2. The van der Waals surface area contributed by atoms with E-state index in [0.29, 0.717) is 24.0 Å². The molecule has 146 valence electrons. The van der Waals surface area contributed by atoms with Crippen molar-refractivity contribution in [2.45, 2.75) is 52.4 Å². The molecule has 4 aliphatic rings. The first-order chi connectivity index (χ1) is 12.8. The van der Waals surface area contributed by atoms with Gasteiger partial charge in [0.1, 0.15) is 5.78 Å². The van der Waals surface area contributed by atoms with Crippen molar-refractivity contribution in [1.82, 2.24) is 0 Å². The van der Waals surface area contributed by atoms with Crippen molar-refractivity contribution >= 4 is 11.8 Å². The van der Waals surface area contributed by atoms with Gasteiger partial charge in [-0.3, -0.25) is 4.79 Å². The first kappa shape index (κ1) is 18.5. The lowest BCUT2D eigenvalue weighted by Crippen LogP contribution is -2.53. The molecule has 0 N–H and O–H groups in total. The molecular formula is C23H30O4. The second-order valence-corrected chi connectivity index (χ2v) is 9.17. The Morgan fingerprint density at radius 1 is 1.22 bits per heavy atom. The molecule has 0 aromatic carbocycles. The van der Waals surface area contributed by atoms with Crippen LogP contribution in [0.5, 0.6) is 0 Å². The van der Waals surface area contributed by atoms with Gasteiger partial charge in [-0.05, 0) is 54.6 Å². The Morgan fingerprint density at radius 3 is 2.70 bits per heavy atom. The average molecular weight is 370 g/mol. The number of rotatable bonds is 2. The molecule has 0 amide bonds. The fraction of sp³-hybridized carbons (Fsp3) is 0.652. The Hall–Kier alpha value is -1.84. The van der Waals surface area contributed by atoms with Gasteiger partial charge in [-0.2, -0.15) is 0 Å². The third-order valence-electron chi connectivity index (χ3n) is 8.03. The molecule has 0 heterocycles. The van der Waals surface area contributed by atoms with E-state index in [2.05, 4.69) is 26.0 Å². The van der Waals surface area contributed by atoms with Gasteiger partial charge in [0, 0.05) is 30.3 Å². The van der Waals surface area contributed by atoms with Gasteiger partial charge in [-0.1, -0.05) is 25.5 Å². The summed E-state index contributed by atoms with van der Waals surface area (Å²) < 4.78 is 10.3. The van der Waals surface area contributed by atoms with Crippen LogP contribution in [0.25, 0.3) is 0 Å². The Balaban J connectivity index is 1.72. The van der Waals surface area contributed by atoms with E-state index in [1.165, 1.54) is 12.7 Å². The molecule has 4 heteroatoms. The summed E-state index contributed by atoms with van der Waals surface area (Å²) in [5, 5.41) is 0.